The van der Waals surface area contributed by atoms with Crippen molar-refractivity contribution in [3.63, 3.8) is 0 Å². The van der Waals surface area contributed by atoms with Gasteiger partial charge in [0.1, 0.15) is 0 Å². The Kier molecular flexibility index (Phi) is 10.4. The molecule has 6 nitrogen and oxygen atoms in total. The molecule has 0 atom stereocenters. The minimum absolute atomic E-state index is 0.338. The summed E-state index contributed by atoms with van der Waals surface area (Å²) >= 11 is 32.0. The Bertz CT molecular complexity index is 1290. The molecule has 36 heavy (non-hydrogen) atoms. The van der Waals surface area contributed by atoms with E-state index in [9.17, 15) is 0 Å². The molecule has 0 radical (unpaired) electrons. The van der Waals surface area contributed by atoms with Crippen LogP contribution in [-0.4, -0.2) is 15.0 Å². The first-order valence-corrected chi connectivity index (χ1v) is 16.7. The number of anilines is 6. The SMILES string of the molecule is Brc1ccc(Nc2nc(Nc3ccc(Br)c(Br)c3Br)nc(Nc3ccc(Br)c(Br)c3Br)n2)c(Br)c1Br. The summed E-state index contributed by atoms with van der Waals surface area (Å²) in [6, 6.07) is 11.5. The van der Waals surface area contributed by atoms with Gasteiger partial charge in [0.05, 0.1) is 30.5 Å². The Morgan fingerprint density at radius 1 is 0.361 bits per heavy atom. The van der Waals surface area contributed by atoms with Crippen molar-refractivity contribution >= 4 is 178 Å². The van der Waals surface area contributed by atoms with Gasteiger partial charge in [0.15, 0.2) is 0 Å². The first-order valence-electron chi connectivity index (χ1n) is 9.52. The van der Waals surface area contributed by atoms with Gasteiger partial charge in [-0.2, -0.15) is 15.0 Å². The fraction of sp³-hybridized carbons (Fsp3) is 0. The first kappa shape index (κ1) is 29.4. The third-order valence-electron chi connectivity index (χ3n) is 4.48. The van der Waals surface area contributed by atoms with Gasteiger partial charge in [-0.05, 0) is 180 Å². The summed E-state index contributed by atoms with van der Waals surface area (Å²) in [5, 5.41) is 9.80. The normalized spacial score (nSPS) is 10.9. The van der Waals surface area contributed by atoms with E-state index in [2.05, 4.69) is 174 Å². The van der Waals surface area contributed by atoms with Gasteiger partial charge in [-0.1, -0.05) is 0 Å². The summed E-state index contributed by atoms with van der Waals surface area (Å²) in [5.41, 5.74) is 2.31. The van der Waals surface area contributed by atoms with Gasteiger partial charge >= 0.3 is 0 Å². The molecule has 15 heteroatoms. The average Bonchev–Trinajstić information content (AvgIpc) is 2.85. The maximum Gasteiger partial charge on any atom is 0.233 e. The number of nitrogens with zero attached hydrogens (tertiary/aromatic N) is 3. The number of nitrogens with one attached hydrogen (secondary N) is 3. The lowest BCUT2D eigenvalue weighted by Gasteiger charge is -2.15. The van der Waals surface area contributed by atoms with E-state index in [4.69, 9.17) is 0 Å². The van der Waals surface area contributed by atoms with Crippen molar-refractivity contribution in [1.82, 2.24) is 15.0 Å². The number of halogens is 9. The van der Waals surface area contributed by atoms with Crippen LogP contribution in [0.25, 0.3) is 0 Å². The molecule has 1 heterocycles. The van der Waals surface area contributed by atoms with Gasteiger partial charge in [-0.15, -0.1) is 0 Å². The van der Waals surface area contributed by atoms with Gasteiger partial charge in [0.25, 0.3) is 0 Å². The summed E-state index contributed by atoms with van der Waals surface area (Å²) in [6.07, 6.45) is 0. The molecule has 3 aromatic carbocycles. The van der Waals surface area contributed by atoms with Crippen LogP contribution in [-0.2, 0) is 0 Å². The molecule has 4 aromatic rings. The second-order valence-electron chi connectivity index (χ2n) is 6.85. The molecule has 0 unspecified atom stereocenters. The van der Waals surface area contributed by atoms with Crippen molar-refractivity contribution in [3.05, 3.63) is 76.7 Å². The van der Waals surface area contributed by atoms with Crippen molar-refractivity contribution in [2.75, 3.05) is 16.0 Å². The van der Waals surface area contributed by atoms with E-state index in [-0.39, 0.29) is 0 Å². The predicted molar refractivity (Wildman–Crippen MR) is 178 cm³/mol. The van der Waals surface area contributed by atoms with Crippen molar-refractivity contribution in [2.24, 2.45) is 0 Å². The monoisotopic (exact) mass is 1060 g/mol. The number of benzene rings is 3. The van der Waals surface area contributed by atoms with Crippen molar-refractivity contribution in [3.8, 4) is 0 Å². The van der Waals surface area contributed by atoms with Gasteiger partial charge < -0.3 is 16.0 Å². The van der Waals surface area contributed by atoms with Crippen LogP contribution in [0.15, 0.2) is 76.7 Å². The highest BCUT2D eigenvalue weighted by Gasteiger charge is 2.15. The van der Waals surface area contributed by atoms with Crippen LogP contribution >= 0.6 is 143 Å². The zero-order valence-corrected chi connectivity index (χ0v) is 31.5. The van der Waals surface area contributed by atoms with Crippen LogP contribution in [0, 0.1) is 0 Å². The van der Waals surface area contributed by atoms with Crippen LogP contribution in [0.5, 0.6) is 0 Å². The smallest absolute Gasteiger partial charge is 0.233 e. The molecule has 0 aliphatic rings. The van der Waals surface area contributed by atoms with Gasteiger partial charge in [-0.25, -0.2) is 0 Å². The van der Waals surface area contributed by atoms with Crippen LogP contribution in [0.1, 0.15) is 0 Å². The molecule has 0 saturated heterocycles. The Morgan fingerprint density at radius 2 is 0.611 bits per heavy atom. The summed E-state index contributed by atoms with van der Waals surface area (Å²) < 4.78 is 7.80. The zero-order chi connectivity index (χ0) is 26.1. The van der Waals surface area contributed by atoms with Crippen molar-refractivity contribution in [2.45, 2.75) is 0 Å². The lowest BCUT2D eigenvalue weighted by molar-refractivity contribution is 1.06. The van der Waals surface area contributed by atoms with Gasteiger partial charge in [0.2, 0.25) is 17.8 Å². The highest BCUT2D eigenvalue weighted by atomic mass is 79.9. The number of hydrogen-bond donors (Lipinski definition) is 3. The summed E-state index contributed by atoms with van der Waals surface area (Å²) in [6.45, 7) is 0. The quantitative estimate of drug-likeness (QED) is 0.167. The highest BCUT2D eigenvalue weighted by molar-refractivity contribution is 9.15. The molecule has 0 bridgehead atoms. The third kappa shape index (κ3) is 6.75. The lowest BCUT2D eigenvalue weighted by atomic mass is 10.3. The maximum absolute atomic E-state index is 4.60. The van der Waals surface area contributed by atoms with E-state index in [1.807, 2.05) is 36.4 Å². The average molecular weight is 1060 g/mol. The van der Waals surface area contributed by atoms with E-state index in [0.29, 0.717) is 17.8 Å². The largest absolute Gasteiger partial charge is 0.323 e. The van der Waals surface area contributed by atoms with Crippen LogP contribution in [0.3, 0.4) is 0 Å². The zero-order valence-electron chi connectivity index (χ0n) is 17.2. The minimum atomic E-state index is 0.338. The molecular formula is C21H9Br9N6. The molecule has 1 aromatic heterocycles. The summed E-state index contributed by atoms with van der Waals surface area (Å²) in [4.78, 5) is 13.8. The van der Waals surface area contributed by atoms with Gasteiger partial charge in [0, 0.05) is 26.8 Å². The molecule has 0 saturated carbocycles. The Labute approximate surface area is 282 Å². The molecule has 0 fully saturated rings. The molecule has 0 amide bonds. The van der Waals surface area contributed by atoms with E-state index in [1.165, 1.54) is 0 Å². The lowest BCUT2D eigenvalue weighted by Crippen LogP contribution is -2.08. The molecule has 186 valence electrons. The molecular weight excluding hydrogens is 1060 g/mol. The molecule has 0 spiro atoms. The second-order valence-corrected chi connectivity index (χ2v) is 14.2. The fourth-order valence-corrected chi connectivity index (χ4v) is 6.93. The predicted octanol–water partition coefficient (Wildman–Crippen LogP) is 12.0. The molecule has 4 rings (SSSR count). The van der Waals surface area contributed by atoms with Crippen LogP contribution < -0.4 is 16.0 Å². The third-order valence-corrected chi connectivity index (χ3v) is 14.6. The Hall–Kier alpha value is 0.390. The molecule has 0 aliphatic carbocycles. The number of aromatic nitrogens is 3. The van der Waals surface area contributed by atoms with Gasteiger partial charge in [-0.3, -0.25) is 0 Å². The first-order chi connectivity index (χ1) is 17.0. The Morgan fingerprint density at radius 3 is 0.861 bits per heavy atom. The topological polar surface area (TPSA) is 74.8 Å². The molecule has 0 aliphatic heterocycles. The van der Waals surface area contributed by atoms with Crippen molar-refractivity contribution < 1.29 is 0 Å². The van der Waals surface area contributed by atoms with E-state index < -0.39 is 0 Å². The summed E-state index contributed by atoms with van der Waals surface area (Å²) in [5.74, 6) is 1.01. The van der Waals surface area contributed by atoms with E-state index >= 15 is 0 Å². The maximum atomic E-state index is 4.60. The number of hydrogen-bond acceptors (Lipinski definition) is 6. The van der Waals surface area contributed by atoms with E-state index in [1.54, 1.807) is 0 Å². The standard InChI is InChI=1S/C21H9Br9N6/c22-7-1-4-10(16(28)13(7)25)31-19-34-20(32-11-5-2-8(23)14(26)17(11)29)36-21(35-19)33-12-6-3-9(24)15(27)18(12)30/h1-6H,(H3,31,32,33,34,35,36). The Balaban J connectivity index is 1.76. The minimum Gasteiger partial charge on any atom is -0.323 e. The number of rotatable bonds is 6. The van der Waals surface area contributed by atoms with Crippen molar-refractivity contribution in [1.29, 1.82) is 0 Å². The van der Waals surface area contributed by atoms with Crippen LogP contribution in [0.4, 0.5) is 34.9 Å². The fourth-order valence-electron chi connectivity index (χ4n) is 2.77. The second kappa shape index (κ2) is 12.7. The summed E-state index contributed by atoms with van der Waals surface area (Å²) in [7, 11) is 0. The van der Waals surface area contributed by atoms with E-state index in [0.717, 1.165) is 57.3 Å². The van der Waals surface area contributed by atoms with Crippen LogP contribution in [0.2, 0.25) is 0 Å². The highest BCUT2D eigenvalue weighted by Crippen LogP contribution is 2.40. The molecule has 3 N–H and O–H groups in total.